The number of carbonyl (C=O) groups excluding carboxylic acids is 2. The zero-order chi connectivity index (χ0) is 54.5. The Balaban J connectivity index is 0.983. The number of hydrogen-bond donors (Lipinski definition) is 3. The van der Waals surface area contributed by atoms with Crippen molar-refractivity contribution in [2.75, 3.05) is 53.5 Å². The second kappa shape index (κ2) is 32.8. The highest BCUT2D eigenvalue weighted by molar-refractivity contribution is 8.00. The summed E-state index contributed by atoms with van der Waals surface area (Å²) >= 11 is 18.0. The number of rotatable bonds is 38. The summed E-state index contributed by atoms with van der Waals surface area (Å²) in [6.45, 7) is 10.8. The number of thioether (sulfide) groups is 3. The lowest BCUT2D eigenvalue weighted by Crippen LogP contribution is -2.54. The maximum absolute atomic E-state index is 13.4. The SMILES string of the molecule is CCC(CC)SCCCn1c(=O)n(CCCS)c(=O)n(CCCSCCC(=O)OCC2CC3CC2C2CCC(CCOC(=O)CCC(CC)(CC)SCCCn4c(=O)n(CCCS)c(=O)n(CCCS)c4=O)C32)c1=O. The van der Waals surface area contributed by atoms with Crippen molar-refractivity contribution in [3.63, 3.8) is 0 Å². The van der Waals surface area contributed by atoms with Crippen molar-refractivity contribution in [3.8, 4) is 0 Å². The van der Waals surface area contributed by atoms with E-state index >= 15 is 0 Å². The van der Waals surface area contributed by atoms with Crippen molar-refractivity contribution >= 4 is 85.1 Å². The molecule has 3 aliphatic rings. The van der Waals surface area contributed by atoms with Gasteiger partial charge in [0.05, 0.1) is 19.6 Å². The Hall–Kier alpha value is -2.14. The molecule has 3 fully saturated rings. The molecule has 2 aromatic rings. The number of carbonyl (C=O) groups is 2. The molecule has 3 aliphatic carbocycles. The van der Waals surface area contributed by atoms with Crippen molar-refractivity contribution in [3.05, 3.63) is 62.9 Å². The van der Waals surface area contributed by atoms with Crippen molar-refractivity contribution in [2.45, 2.75) is 193 Å². The summed E-state index contributed by atoms with van der Waals surface area (Å²) in [6.07, 6.45) is 14.1. The second-order valence-corrected chi connectivity index (χ2v) is 26.3. The van der Waals surface area contributed by atoms with E-state index in [9.17, 15) is 38.4 Å². The van der Waals surface area contributed by atoms with Crippen LogP contribution < -0.4 is 34.1 Å². The van der Waals surface area contributed by atoms with Gasteiger partial charge in [0.15, 0.2) is 0 Å². The second-order valence-electron chi connectivity index (χ2n) is 20.7. The van der Waals surface area contributed by atoms with Crippen LogP contribution in [0.3, 0.4) is 0 Å². The number of nitrogens with zero attached hydrogens (tertiary/aromatic N) is 6. The van der Waals surface area contributed by atoms with Crippen LogP contribution in [0, 0.1) is 35.5 Å². The van der Waals surface area contributed by atoms with Gasteiger partial charge < -0.3 is 9.47 Å². The number of hydrogen-bond acceptors (Lipinski definition) is 16. The summed E-state index contributed by atoms with van der Waals surface area (Å²) in [5, 5.41) is 0.554. The van der Waals surface area contributed by atoms with Crippen molar-refractivity contribution in [1.82, 2.24) is 27.4 Å². The monoisotopic (exact) mass is 1160 g/mol. The fraction of sp³-hybridized carbons (Fsp3) is 0.849. The van der Waals surface area contributed by atoms with E-state index < -0.39 is 34.1 Å². The lowest BCUT2D eigenvalue weighted by Gasteiger charge is -2.33. The predicted octanol–water partition coefficient (Wildman–Crippen LogP) is 7.38. The molecule has 5 rings (SSSR count). The molecule has 6 atom stereocenters. The molecule has 0 amide bonds. The lowest BCUT2D eigenvalue weighted by molar-refractivity contribution is -0.146. The predicted molar refractivity (Wildman–Crippen MR) is 317 cm³/mol. The summed E-state index contributed by atoms with van der Waals surface area (Å²) < 4.78 is 18.7. The van der Waals surface area contributed by atoms with Gasteiger partial charge in [-0.3, -0.25) is 9.59 Å². The Morgan fingerprint density at radius 3 is 1.55 bits per heavy atom. The van der Waals surface area contributed by atoms with E-state index in [2.05, 4.69) is 65.6 Å². The van der Waals surface area contributed by atoms with E-state index in [4.69, 9.17) is 9.47 Å². The molecule has 3 saturated carbocycles. The molecular formula is C53H88N6O10S6. The minimum absolute atomic E-state index is 0.136. The van der Waals surface area contributed by atoms with Crippen LogP contribution in [0.4, 0.5) is 0 Å². The van der Waals surface area contributed by atoms with Crippen LogP contribution in [-0.4, -0.2) is 103 Å². The Labute approximate surface area is 473 Å². The van der Waals surface area contributed by atoms with Crippen molar-refractivity contribution < 1.29 is 19.1 Å². The Morgan fingerprint density at radius 1 is 0.573 bits per heavy atom. The van der Waals surface area contributed by atoms with Crippen LogP contribution in [0.2, 0.25) is 0 Å². The van der Waals surface area contributed by atoms with Crippen LogP contribution in [0.5, 0.6) is 0 Å². The molecule has 0 aliphatic heterocycles. The highest BCUT2D eigenvalue weighted by atomic mass is 32.2. The Kier molecular flexibility index (Phi) is 27.9. The third kappa shape index (κ3) is 17.4. The molecule has 0 spiro atoms. The number of thiol groups is 3. The smallest absolute Gasteiger partial charge is 0.336 e. The van der Waals surface area contributed by atoms with E-state index in [1.807, 2.05) is 11.8 Å². The molecular weight excluding hydrogens is 1070 g/mol. The van der Waals surface area contributed by atoms with Gasteiger partial charge >= 0.3 is 46.1 Å². The van der Waals surface area contributed by atoms with Gasteiger partial charge in [0.25, 0.3) is 0 Å². The van der Waals surface area contributed by atoms with Gasteiger partial charge in [0.2, 0.25) is 0 Å². The third-order valence-corrected chi connectivity index (χ3v) is 21.9. The number of aromatic nitrogens is 6. The van der Waals surface area contributed by atoms with E-state index in [-0.39, 0.29) is 56.0 Å². The zero-order valence-corrected chi connectivity index (χ0v) is 50.3. The molecule has 16 nitrogen and oxygen atoms in total. The summed E-state index contributed by atoms with van der Waals surface area (Å²) in [7, 11) is 0. The van der Waals surface area contributed by atoms with Crippen LogP contribution >= 0.6 is 73.2 Å². The van der Waals surface area contributed by atoms with Gasteiger partial charge in [0.1, 0.15) is 0 Å². The average molecular weight is 1160 g/mol. The number of ether oxygens (including phenoxy) is 2. The highest BCUT2D eigenvalue weighted by Crippen LogP contribution is 2.63. The average Bonchev–Trinajstić information content (AvgIpc) is 4.13. The first kappa shape index (κ1) is 63.7. The summed E-state index contributed by atoms with van der Waals surface area (Å²) in [5.74, 6) is 7.37. The van der Waals surface area contributed by atoms with E-state index in [1.165, 1.54) is 31.1 Å². The topological polar surface area (TPSA) is 185 Å². The minimum Gasteiger partial charge on any atom is -0.466 e. The lowest BCUT2D eigenvalue weighted by atomic mass is 9.73. The number of fused-ring (bicyclic) bond motifs is 5. The maximum Gasteiger partial charge on any atom is 0.336 e. The molecule has 2 aromatic heterocycles. The summed E-state index contributed by atoms with van der Waals surface area (Å²) in [5.41, 5.74) is -3.40. The molecule has 2 bridgehead atoms. The zero-order valence-electron chi connectivity index (χ0n) is 45.2. The molecule has 75 heavy (non-hydrogen) atoms. The molecule has 0 aromatic carbocycles. The van der Waals surface area contributed by atoms with E-state index in [1.54, 1.807) is 23.5 Å². The van der Waals surface area contributed by atoms with E-state index in [0.717, 1.165) is 59.8 Å². The third-order valence-electron chi connectivity index (χ3n) is 16.3. The minimum atomic E-state index is -0.579. The van der Waals surface area contributed by atoms with Crippen molar-refractivity contribution in [1.29, 1.82) is 0 Å². The molecule has 0 N–H and O–H groups in total. The van der Waals surface area contributed by atoms with Gasteiger partial charge in [-0.05, 0) is 173 Å². The molecule has 426 valence electrons. The van der Waals surface area contributed by atoms with Crippen LogP contribution in [-0.2, 0) is 58.3 Å². The van der Waals surface area contributed by atoms with Crippen LogP contribution in [0.1, 0.15) is 143 Å². The summed E-state index contributed by atoms with van der Waals surface area (Å²) in [4.78, 5) is 106. The number of esters is 2. The Morgan fingerprint density at radius 2 is 1.05 bits per heavy atom. The normalized spacial score (nSPS) is 20.1. The van der Waals surface area contributed by atoms with Gasteiger partial charge in [-0.2, -0.15) is 73.2 Å². The fourth-order valence-electron chi connectivity index (χ4n) is 12.1. The van der Waals surface area contributed by atoms with Gasteiger partial charge in [-0.25, -0.2) is 56.2 Å². The first-order valence-electron chi connectivity index (χ1n) is 28.1. The molecule has 22 heteroatoms. The maximum atomic E-state index is 13.4. The van der Waals surface area contributed by atoms with E-state index in [0.29, 0.717) is 146 Å². The summed E-state index contributed by atoms with van der Waals surface area (Å²) in [6, 6.07) is 0. The van der Waals surface area contributed by atoms with Crippen LogP contribution in [0.15, 0.2) is 28.8 Å². The van der Waals surface area contributed by atoms with Gasteiger partial charge in [0, 0.05) is 61.4 Å². The van der Waals surface area contributed by atoms with Crippen LogP contribution in [0.25, 0.3) is 0 Å². The Bertz CT molecular complexity index is 2430. The standard InChI is InChI=1S/C53H88N6O10S6/c1-5-41(6-2)74-32-13-25-58-49(64)56(23-11-30-72)48(63)57(52(58)67)24-12-31-73-34-19-45(61)69-37-40-35-39-36-43(40)42-16-15-38(46(39)42)18-27-68-44(60)17-20-53(7-3,8-4)75-33-14-26-59-50(65)54(21-9-28-70)47(62)55(51(59)66)22-10-29-71/h38-43,46,70-72H,5-37H2,1-4H3. The quantitative estimate of drug-likeness (QED) is 0.0344. The van der Waals surface area contributed by atoms with Gasteiger partial charge in [-0.15, -0.1) is 0 Å². The molecule has 2 heterocycles. The van der Waals surface area contributed by atoms with Gasteiger partial charge in [-0.1, -0.05) is 27.7 Å². The molecule has 6 unspecified atom stereocenters. The highest BCUT2D eigenvalue weighted by Gasteiger charge is 2.57. The molecule has 0 radical (unpaired) electrons. The largest absolute Gasteiger partial charge is 0.466 e. The fourth-order valence-corrected chi connectivity index (χ4v) is 15.8. The van der Waals surface area contributed by atoms with Crippen molar-refractivity contribution in [2.24, 2.45) is 35.5 Å². The molecule has 0 saturated heterocycles. The first-order chi connectivity index (χ1) is 36.2. The first-order valence-corrected chi connectivity index (χ1v) is 33.2.